The van der Waals surface area contributed by atoms with E-state index in [-0.39, 0.29) is 95.4 Å². The molecule has 11 N–H and O–H groups in total. The molecule has 0 aromatic carbocycles. The molecule has 0 aliphatic carbocycles. The van der Waals surface area contributed by atoms with Gasteiger partial charge in [-0.05, 0) is 84.0 Å². The highest BCUT2D eigenvalue weighted by Crippen LogP contribution is 2.41. The maximum atomic E-state index is 13.7. The Morgan fingerprint density at radius 3 is 2.05 bits per heavy atom. The largest absolute Gasteiger partial charge is 0.468 e. The minimum absolute atomic E-state index is 0.0781. The van der Waals surface area contributed by atoms with Crippen LogP contribution < -0.4 is 0 Å². The van der Waals surface area contributed by atoms with Crippen molar-refractivity contribution in [2.45, 2.75) is 286 Å². The number of aliphatic hydroxyl groups is 11. The van der Waals surface area contributed by atoms with Crippen molar-refractivity contribution in [3.63, 3.8) is 0 Å². The number of esters is 3. The number of unbranched alkanes of at least 4 members (excludes halogenated alkanes) is 1. The second-order valence-electron chi connectivity index (χ2n) is 24.3. The van der Waals surface area contributed by atoms with Crippen LogP contribution in [0.4, 0.5) is 0 Å². The Kier molecular flexibility index (Phi) is 29.9. The van der Waals surface area contributed by atoms with Gasteiger partial charge in [-0.3, -0.25) is 9.59 Å². The quantitative estimate of drug-likeness (QED) is 0.0457. The zero-order chi connectivity index (χ0) is 61.3. The van der Waals surface area contributed by atoms with Crippen molar-refractivity contribution in [3.05, 3.63) is 12.2 Å². The molecule has 82 heavy (non-hydrogen) atoms. The Bertz CT molecular complexity index is 1910. The molecule has 4 rings (SSSR count). The summed E-state index contributed by atoms with van der Waals surface area (Å²) in [4.78, 5) is 40.1. The minimum atomic E-state index is -2.46. The molecule has 0 aromatic rings. The third-order valence-electron chi connectivity index (χ3n) is 17.8. The molecule has 0 aromatic heterocycles. The fraction of sp³-hybridized carbons (Fsp3) is 0.915. The zero-order valence-electron chi connectivity index (χ0n) is 50.3. The summed E-state index contributed by atoms with van der Waals surface area (Å²) in [6.07, 6.45) is -16.1. The Balaban J connectivity index is 1.58. The molecule has 23 heteroatoms. The lowest BCUT2D eigenvalue weighted by molar-refractivity contribution is -0.333. The standard InChI is InChI=1S/C59H104O23/c1-12-13-18-43(57(71)76-11)58(72)79-41-17-15-19-44(64)55-53(81-55)34(6)52(33(5)51(69)32(4)50(68)31(3)35(7)77-49-28-47(74-9)54(75-10)36(8)78-49)80-48(67)20-14-16-37(60)23-39(62)24-38(61)22-21-30(2)46(66)29-59(73)56(70)45(65)27-42(82-59)26-40(63)25-41/h14,20,30-47,49-56,60-66,68-70,73H,12-13,15-19,21-29H2,1-11H3/b20-14+/t30-,31+,32+,33-,34-,35+,36-,37+,38+,39-,40-,41+,42+,43+,44+,45+,46+,47+,49-,50+,51+,52-,53+,54+,55+,56+,59+/m1/s1. The summed E-state index contributed by atoms with van der Waals surface area (Å²) in [6.45, 7) is 14.1. The number of aliphatic hydroxyl groups excluding tert-OH is 10. The van der Waals surface area contributed by atoms with Gasteiger partial charge in [0.05, 0.1) is 92.6 Å². The van der Waals surface area contributed by atoms with Gasteiger partial charge in [0.1, 0.15) is 30.5 Å². The molecular weight excluding hydrogens is 1080 g/mol. The van der Waals surface area contributed by atoms with Gasteiger partial charge < -0.3 is 98.8 Å². The minimum Gasteiger partial charge on any atom is -0.468 e. The van der Waals surface area contributed by atoms with Crippen molar-refractivity contribution in [1.29, 1.82) is 0 Å². The van der Waals surface area contributed by atoms with E-state index < -0.39 is 170 Å². The van der Waals surface area contributed by atoms with Crippen LogP contribution in [-0.4, -0.2) is 223 Å². The van der Waals surface area contributed by atoms with Crippen LogP contribution >= 0.6 is 0 Å². The Morgan fingerprint density at radius 2 is 1.40 bits per heavy atom. The maximum absolute atomic E-state index is 13.7. The Hall–Kier alpha value is -2.53. The van der Waals surface area contributed by atoms with Crippen molar-refractivity contribution >= 4 is 17.9 Å². The van der Waals surface area contributed by atoms with Gasteiger partial charge >= 0.3 is 17.9 Å². The molecule has 3 saturated heterocycles. The normalized spacial score (nSPS) is 40.5. The van der Waals surface area contributed by atoms with E-state index in [0.29, 0.717) is 19.3 Å². The number of epoxide rings is 1. The highest BCUT2D eigenvalue weighted by atomic mass is 16.7. The van der Waals surface area contributed by atoms with Gasteiger partial charge in [0.25, 0.3) is 0 Å². The van der Waals surface area contributed by atoms with Crippen LogP contribution in [0.25, 0.3) is 0 Å². The molecule has 0 saturated carbocycles. The first kappa shape index (κ1) is 71.9. The van der Waals surface area contributed by atoms with Crippen molar-refractivity contribution in [1.82, 2.24) is 0 Å². The molecule has 478 valence electrons. The number of hydrogen-bond donors (Lipinski definition) is 11. The van der Waals surface area contributed by atoms with Crippen LogP contribution in [0.1, 0.15) is 158 Å². The lowest BCUT2D eigenvalue weighted by Crippen LogP contribution is -2.59. The predicted octanol–water partition coefficient (Wildman–Crippen LogP) is 2.25. The number of carbonyl (C=O) groups is 3. The van der Waals surface area contributed by atoms with Gasteiger partial charge in [-0.2, -0.15) is 0 Å². The highest BCUT2D eigenvalue weighted by molar-refractivity contribution is 5.94. The summed E-state index contributed by atoms with van der Waals surface area (Å²) >= 11 is 0. The second-order valence-corrected chi connectivity index (χ2v) is 24.3. The van der Waals surface area contributed by atoms with Crippen LogP contribution in [0.5, 0.6) is 0 Å². The van der Waals surface area contributed by atoms with Gasteiger partial charge in [0, 0.05) is 69.7 Å². The second kappa shape index (κ2) is 34.1. The summed E-state index contributed by atoms with van der Waals surface area (Å²) in [5, 5.41) is 124. The maximum Gasteiger partial charge on any atom is 0.330 e. The molecule has 4 aliphatic rings. The third-order valence-corrected chi connectivity index (χ3v) is 17.8. The van der Waals surface area contributed by atoms with Gasteiger partial charge in [-0.25, -0.2) is 4.79 Å². The van der Waals surface area contributed by atoms with E-state index in [2.05, 4.69) is 0 Å². The van der Waals surface area contributed by atoms with Crippen molar-refractivity contribution in [2.24, 2.45) is 35.5 Å². The third kappa shape index (κ3) is 21.1. The van der Waals surface area contributed by atoms with Gasteiger partial charge in [0.15, 0.2) is 18.0 Å². The number of rotatable bonds is 16. The van der Waals surface area contributed by atoms with E-state index in [1.807, 2.05) is 13.8 Å². The van der Waals surface area contributed by atoms with Crippen molar-refractivity contribution in [3.8, 4) is 0 Å². The summed E-state index contributed by atoms with van der Waals surface area (Å²) in [6, 6.07) is 0. The van der Waals surface area contributed by atoms with Crippen LogP contribution in [0.3, 0.4) is 0 Å². The van der Waals surface area contributed by atoms with Crippen molar-refractivity contribution in [2.75, 3.05) is 21.3 Å². The molecule has 4 heterocycles. The van der Waals surface area contributed by atoms with Gasteiger partial charge in [-0.1, -0.05) is 60.5 Å². The predicted molar refractivity (Wildman–Crippen MR) is 295 cm³/mol. The monoisotopic (exact) mass is 1180 g/mol. The summed E-state index contributed by atoms with van der Waals surface area (Å²) in [5.74, 6) is -9.57. The molecule has 0 spiro atoms. The van der Waals surface area contributed by atoms with E-state index in [0.717, 1.165) is 13.2 Å². The number of methoxy groups -OCH3 is 3. The van der Waals surface area contributed by atoms with Gasteiger partial charge in [-0.15, -0.1) is 0 Å². The van der Waals surface area contributed by atoms with E-state index in [9.17, 15) is 70.6 Å². The van der Waals surface area contributed by atoms with Gasteiger partial charge in [0.2, 0.25) is 0 Å². The van der Waals surface area contributed by atoms with E-state index >= 15 is 0 Å². The molecule has 2 bridgehead atoms. The molecule has 0 unspecified atom stereocenters. The average Bonchev–Trinajstić information content (AvgIpc) is 4.25. The first-order valence-electron chi connectivity index (χ1n) is 30.0. The summed E-state index contributed by atoms with van der Waals surface area (Å²) in [7, 11) is 4.33. The van der Waals surface area contributed by atoms with Crippen LogP contribution in [0.2, 0.25) is 0 Å². The SMILES string of the molecule is CCCC[C@@H](C(=O)OC)C(=O)O[C@H]1CCC[C@H](O)[C@@H]2O[C@H]2[C@H](C)[C@@H]([C@H](C)[C@@H](O)[C@@H](C)[C@@H](O)[C@@H](C)[C@H](C)O[C@H]2C[C@H](OC)[C@@H](OC)[C@@H](C)O2)OC(=O)/C=C/C[C@H](O)C[C@@H](O)C[C@@H](O)CC[C@@H](C)[C@@H](O)C[C@]2(O)O[C@@H](C[C@H](O)C1)C[C@H](O)[C@@H]2O. The number of hydrogen-bond acceptors (Lipinski definition) is 23. The zero-order valence-corrected chi connectivity index (χ0v) is 50.3. The van der Waals surface area contributed by atoms with Crippen LogP contribution in [0, 0.1) is 35.5 Å². The molecular formula is C59H104O23. The number of ether oxygens (including phenoxy) is 9. The summed E-state index contributed by atoms with van der Waals surface area (Å²) < 4.78 is 52.5. The highest BCUT2D eigenvalue weighted by Gasteiger charge is 2.53. The Morgan fingerprint density at radius 1 is 0.732 bits per heavy atom. The molecule has 3 fully saturated rings. The van der Waals surface area contributed by atoms with Crippen LogP contribution in [0.15, 0.2) is 12.2 Å². The molecule has 4 aliphatic heterocycles. The average molecular weight is 1180 g/mol. The summed E-state index contributed by atoms with van der Waals surface area (Å²) in [5.41, 5.74) is 0. The number of cyclic esters (lactones) is 1. The Labute approximate surface area is 484 Å². The molecule has 27 atom stereocenters. The lowest BCUT2D eigenvalue weighted by Gasteiger charge is -2.45. The molecule has 0 radical (unpaired) electrons. The fourth-order valence-electron chi connectivity index (χ4n) is 12.2. The fourth-order valence-corrected chi connectivity index (χ4v) is 12.2. The number of fused-ring (bicyclic) bond motifs is 3. The van der Waals surface area contributed by atoms with E-state index in [1.165, 1.54) is 6.08 Å². The van der Waals surface area contributed by atoms with E-state index in [4.69, 9.17) is 42.6 Å². The van der Waals surface area contributed by atoms with Crippen molar-refractivity contribution < 1.29 is 113 Å². The van der Waals surface area contributed by atoms with E-state index in [1.54, 1.807) is 55.8 Å². The molecule has 23 nitrogen and oxygen atoms in total. The first-order valence-corrected chi connectivity index (χ1v) is 30.0. The molecule has 0 amide bonds. The van der Waals surface area contributed by atoms with Crippen LogP contribution in [-0.2, 0) is 57.0 Å². The smallest absolute Gasteiger partial charge is 0.330 e. The topological polar surface area (TPSA) is 360 Å². The lowest BCUT2D eigenvalue weighted by atomic mass is 9.77. The number of carbonyl (C=O) groups excluding carboxylic acids is 3. The first-order chi connectivity index (χ1) is 38.6.